The molecule has 0 spiro atoms. The molecule has 0 aliphatic carbocycles. The summed E-state index contributed by atoms with van der Waals surface area (Å²) in [7, 11) is 0. The van der Waals surface area contributed by atoms with Crippen molar-refractivity contribution in [2.24, 2.45) is 0 Å². The van der Waals surface area contributed by atoms with Gasteiger partial charge in [0.25, 0.3) is 0 Å². The third-order valence-electron chi connectivity index (χ3n) is 8.62. The van der Waals surface area contributed by atoms with Crippen LogP contribution >= 0.6 is 0 Å². The summed E-state index contributed by atoms with van der Waals surface area (Å²) in [5.74, 6) is -2.04. The molecule has 0 amide bonds. The van der Waals surface area contributed by atoms with Gasteiger partial charge >= 0.3 is 5.97 Å². The van der Waals surface area contributed by atoms with Gasteiger partial charge in [-0.2, -0.15) is 0 Å². The lowest BCUT2D eigenvalue weighted by atomic mass is 9.87. The Labute approximate surface area is 251 Å². The maximum absolute atomic E-state index is 15.8. The van der Waals surface area contributed by atoms with E-state index in [0.717, 1.165) is 55.7 Å². The molecular formula is C33H43F3N4O3. The van der Waals surface area contributed by atoms with Gasteiger partial charge in [-0.15, -0.1) is 0 Å². The number of carboxylic acids is 1. The van der Waals surface area contributed by atoms with Crippen LogP contribution in [-0.4, -0.2) is 94.9 Å². The fourth-order valence-corrected chi connectivity index (χ4v) is 6.57. The van der Waals surface area contributed by atoms with E-state index in [9.17, 15) is 9.18 Å². The van der Waals surface area contributed by atoms with Crippen LogP contribution in [-0.2, 0) is 11.2 Å². The number of benzene rings is 2. The van der Waals surface area contributed by atoms with Gasteiger partial charge in [0.15, 0.2) is 0 Å². The van der Waals surface area contributed by atoms with Crippen LogP contribution in [0.4, 0.5) is 13.2 Å². The average Bonchev–Trinajstić information content (AvgIpc) is 3.30. The number of nitrogens with one attached hydrogen (secondary N) is 1. The second-order valence-electron chi connectivity index (χ2n) is 12.6. The summed E-state index contributed by atoms with van der Waals surface area (Å²) in [5.41, 5.74) is 0.959. The van der Waals surface area contributed by atoms with E-state index in [2.05, 4.69) is 14.8 Å². The zero-order chi connectivity index (χ0) is 30.7. The summed E-state index contributed by atoms with van der Waals surface area (Å²) in [6, 6.07) is 9.38. The molecule has 5 rings (SSSR count). The minimum atomic E-state index is -1.56. The third kappa shape index (κ3) is 7.53. The van der Waals surface area contributed by atoms with Crippen molar-refractivity contribution in [3.63, 3.8) is 0 Å². The number of halogens is 3. The first-order valence-electron chi connectivity index (χ1n) is 15.3. The van der Waals surface area contributed by atoms with Crippen LogP contribution in [0.25, 0.3) is 10.9 Å². The quantitative estimate of drug-likeness (QED) is 0.257. The van der Waals surface area contributed by atoms with Crippen LogP contribution in [0.5, 0.6) is 5.75 Å². The molecule has 1 aromatic heterocycles. The maximum atomic E-state index is 15.8. The number of ether oxygens (including phenoxy) is 1. The number of alkyl halides is 1. The number of hydrogen-bond donors (Lipinski definition) is 2. The molecule has 0 bridgehead atoms. The molecule has 7 nitrogen and oxygen atoms in total. The lowest BCUT2D eigenvalue weighted by molar-refractivity contribution is -0.137. The number of H-pyrrole nitrogens is 1. The highest BCUT2D eigenvalue weighted by atomic mass is 19.1. The van der Waals surface area contributed by atoms with E-state index in [4.69, 9.17) is 9.84 Å². The van der Waals surface area contributed by atoms with Gasteiger partial charge in [0.1, 0.15) is 23.1 Å². The number of piperazine rings is 1. The van der Waals surface area contributed by atoms with E-state index in [0.29, 0.717) is 31.6 Å². The van der Waals surface area contributed by atoms with Crippen molar-refractivity contribution in [2.45, 2.75) is 64.2 Å². The van der Waals surface area contributed by atoms with Crippen molar-refractivity contribution in [2.75, 3.05) is 52.4 Å². The van der Waals surface area contributed by atoms with E-state index in [1.807, 2.05) is 36.1 Å². The molecule has 2 atom stereocenters. The van der Waals surface area contributed by atoms with Crippen LogP contribution in [0.15, 0.2) is 36.4 Å². The minimum Gasteiger partial charge on any atom is -0.493 e. The predicted octanol–water partition coefficient (Wildman–Crippen LogP) is 5.78. The van der Waals surface area contributed by atoms with Crippen molar-refractivity contribution in [1.82, 2.24) is 19.7 Å². The molecule has 0 radical (unpaired) electrons. The normalized spacial score (nSPS) is 20.4. The molecule has 3 heterocycles. The molecular weight excluding hydrogens is 557 g/mol. The van der Waals surface area contributed by atoms with Gasteiger partial charge in [0, 0.05) is 86.0 Å². The molecule has 43 heavy (non-hydrogen) atoms. The number of aromatic amines is 1. The van der Waals surface area contributed by atoms with E-state index in [-0.39, 0.29) is 30.3 Å². The SMILES string of the molecule is C[C@@H]1Cc2c([nH]c3ccccc23)[C@@H](c2c(F)cc(OCCCN3CCN(CCCC(=O)O)CC3)cc2F)N1CC(C)(C)F. The fourth-order valence-electron chi connectivity index (χ4n) is 6.57. The van der Waals surface area contributed by atoms with E-state index >= 15 is 8.78 Å². The number of aliphatic carboxylic acids is 1. The number of hydrogen-bond acceptors (Lipinski definition) is 5. The maximum Gasteiger partial charge on any atom is 0.303 e. The molecule has 1 saturated heterocycles. The Kier molecular flexibility index (Phi) is 9.68. The van der Waals surface area contributed by atoms with Crippen molar-refractivity contribution in [3.8, 4) is 5.75 Å². The van der Waals surface area contributed by atoms with Gasteiger partial charge in [-0.05, 0) is 58.2 Å². The monoisotopic (exact) mass is 600 g/mol. The lowest BCUT2D eigenvalue weighted by Gasteiger charge is -2.43. The molecule has 2 aromatic carbocycles. The van der Waals surface area contributed by atoms with Gasteiger partial charge in [0.05, 0.1) is 12.6 Å². The van der Waals surface area contributed by atoms with E-state index in [1.165, 1.54) is 26.0 Å². The number of para-hydroxylation sites is 1. The van der Waals surface area contributed by atoms with Crippen LogP contribution in [0.2, 0.25) is 0 Å². The predicted molar refractivity (Wildman–Crippen MR) is 161 cm³/mol. The van der Waals surface area contributed by atoms with Gasteiger partial charge in [-0.25, -0.2) is 13.2 Å². The summed E-state index contributed by atoms with van der Waals surface area (Å²) in [6.07, 6.45) is 2.21. The van der Waals surface area contributed by atoms with Gasteiger partial charge < -0.3 is 24.6 Å². The van der Waals surface area contributed by atoms with Gasteiger partial charge in [-0.1, -0.05) is 18.2 Å². The number of carboxylic acid groups (broad SMARTS) is 1. The highest BCUT2D eigenvalue weighted by molar-refractivity contribution is 5.85. The lowest BCUT2D eigenvalue weighted by Crippen LogP contribution is -2.48. The Morgan fingerprint density at radius 2 is 1.67 bits per heavy atom. The molecule has 1 fully saturated rings. The van der Waals surface area contributed by atoms with E-state index < -0.39 is 29.3 Å². The molecule has 2 N–H and O–H groups in total. The van der Waals surface area contributed by atoms with Crippen LogP contribution < -0.4 is 4.74 Å². The Morgan fingerprint density at radius 3 is 2.30 bits per heavy atom. The highest BCUT2D eigenvalue weighted by Gasteiger charge is 2.41. The molecule has 2 aliphatic heterocycles. The second-order valence-corrected chi connectivity index (χ2v) is 12.6. The Bertz CT molecular complexity index is 1390. The molecule has 10 heteroatoms. The largest absolute Gasteiger partial charge is 0.493 e. The van der Waals surface area contributed by atoms with Crippen LogP contribution in [0.3, 0.4) is 0 Å². The standard InChI is InChI=1S/C33H43F3N4O3/c1-22-18-25-24-8-4-5-9-28(24)37-31(25)32(40(22)21-33(2,3)36)30-26(34)19-23(20-27(30)35)43-17-7-12-39-15-13-38(14-16-39)11-6-10-29(41)42/h4-5,8-9,19-20,22,32,37H,6-7,10-18,21H2,1-3H3,(H,41,42)/t22-,32-/m1/s1. The third-order valence-corrected chi connectivity index (χ3v) is 8.62. The first-order chi connectivity index (χ1) is 20.5. The van der Waals surface area contributed by atoms with Crippen LogP contribution in [0, 0.1) is 11.6 Å². The Hall–Kier alpha value is -3.08. The number of aromatic nitrogens is 1. The summed E-state index contributed by atoms with van der Waals surface area (Å²) >= 11 is 0. The number of nitrogens with zero attached hydrogens (tertiary/aromatic N) is 3. The number of fused-ring (bicyclic) bond motifs is 3. The Morgan fingerprint density at radius 1 is 1.05 bits per heavy atom. The molecule has 3 aromatic rings. The minimum absolute atomic E-state index is 0.0291. The first kappa shape index (κ1) is 31.3. The molecule has 234 valence electrons. The van der Waals surface area contributed by atoms with Crippen molar-refractivity contribution >= 4 is 16.9 Å². The van der Waals surface area contributed by atoms with E-state index in [1.54, 1.807) is 0 Å². The van der Waals surface area contributed by atoms with Crippen LogP contribution in [0.1, 0.15) is 62.9 Å². The summed E-state index contributed by atoms with van der Waals surface area (Å²) < 4.78 is 52.5. The van der Waals surface area contributed by atoms with Gasteiger partial charge in [-0.3, -0.25) is 9.69 Å². The summed E-state index contributed by atoms with van der Waals surface area (Å²) in [6.45, 7) is 10.5. The highest BCUT2D eigenvalue weighted by Crippen LogP contribution is 2.43. The van der Waals surface area contributed by atoms with Crippen molar-refractivity contribution in [1.29, 1.82) is 0 Å². The zero-order valence-corrected chi connectivity index (χ0v) is 25.3. The molecule has 0 unspecified atom stereocenters. The zero-order valence-electron chi connectivity index (χ0n) is 25.3. The topological polar surface area (TPSA) is 72.0 Å². The molecule has 2 aliphatic rings. The van der Waals surface area contributed by atoms with Crippen molar-refractivity contribution < 1.29 is 27.8 Å². The smallest absolute Gasteiger partial charge is 0.303 e. The average molecular weight is 601 g/mol. The summed E-state index contributed by atoms with van der Waals surface area (Å²) in [5, 5.41) is 9.84. The van der Waals surface area contributed by atoms with Gasteiger partial charge in [0.2, 0.25) is 0 Å². The summed E-state index contributed by atoms with van der Waals surface area (Å²) in [4.78, 5) is 20.6. The second kappa shape index (κ2) is 13.3. The number of rotatable bonds is 12. The fraction of sp³-hybridized carbons (Fsp3) is 0.545. The van der Waals surface area contributed by atoms with Crippen molar-refractivity contribution in [3.05, 3.63) is 64.9 Å². The Balaban J connectivity index is 1.25. The first-order valence-corrected chi connectivity index (χ1v) is 15.3. The molecule has 0 saturated carbocycles. The number of carbonyl (C=O) groups is 1.